The zero-order valence-corrected chi connectivity index (χ0v) is 14.8. The molecule has 1 amide bonds. The molecular weight excluding hydrogens is 326 g/mol. The lowest BCUT2D eigenvalue weighted by molar-refractivity contribution is -0.131. The number of pyridine rings is 1. The highest BCUT2D eigenvalue weighted by molar-refractivity contribution is 5.77. The van der Waals surface area contributed by atoms with E-state index < -0.39 is 0 Å². The minimum atomic E-state index is 0.292. The zero-order chi connectivity index (χ0) is 17.5. The lowest BCUT2D eigenvalue weighted by Crippen LogP contribution is -2.30. The quantitative estimate of drug-likeness (QED) is 0.799. The molecule has 0 bridgehead atoms. The van der Waals surface area contributed by atoms with Gasteiger partial charge in [0.05, 0.1) is 6.04 Å². The van der Waals surface area contributed by atoms with Crippen molar-refractivity contribution in [2.45, 2.75) is 38.1 Å². The zero-order valence-electron chi connectivity index (χ0n) is 14.8. The maximum Gasteiger partial charge on any atom is 0.223 e. The van der Waals surface area contributed by atoms with Gasteiger partial charge in [0.15, 0.2) is 5.82 Å². The van der Waals surface area contributed by atoms with Crippen molar-refractivity contribution < 1.29 is 4.79 Å². The van der Waals surface area contributed by atoms with Crippen molar-refractivity contribution in [3.05, 3.63) is 42.5 Å². The Kier molecular flexibility index (Phi) is 3.84. The van der Waals surface area contributed by atoms with Crippen LogP contribution in [0.4, 0.5) is 0 Å². The number of aryl methyl sites for hydroxylation is 1. The maximum absolute atomic E-state index is 12.8. The van der Waals surface area contributed by atoms with Crippen LogP contribution < -0.4 is 0 Å². The first-order valence-electron chi connectivity index (χ1n) is 9.58. The molecule has 134 valence electrons. The van der Waals surface area contributed by atoms with Crippen LogP contribution in [0.3, 0.4) is 0 Å². The second-order valence-electron chi connectivity index (χ2n) is 7.68. The number of hydrogen-bond donors (Lipinski definition) is 0. The number of carbonyl (C=O) groups is 1. The van der Waals surface area contributed by atoms with Gasteiger partial charge in [-0.2, -0.15) is 0 Å². The van der Waals surface area contributed by atoms with E-state index in [9.17, 15) is 4.79 Å². The van der Waals surface area contributed by atoms with E-state index in [1.165, 1.54) is 0 Å². The highest BCUT2D eigenvalue weighted by Crippen LogP contribution is 2.39. The van der Waals surface area contributed by atoms with Gasteiger partial charge in [0, 0.05) is 43.9 Å². The SMILES string of the molecule is O=C(C[C@H]1C=CCC1)N1C[C@H]2CCc3nnc(-c4ccncc4)n3[C@H]2C1. The van der Waals surface area contributed by atoms with Gasteiger partial charge in [0.25, 0.3) is 0 Å². The number of carbonyl (C=O) groups excluding carboxylic acids is 1. The van der Waals surface area contributed by atoms with Gasteiger partial charge in [-0.05, 0) is 43.2 Å². The van der Waals surface area contributed by atoms with E-state index in [0.29, 0.717) is 30.2 Å². The van der Waals surface area contributed by atoms with E-state index in [1.807, 2.05) is 12.1 Å². The first kappa shape index (κ1) is 15.7. The number of likely N-dealkylation sites (tertiary alicyclic amines) is 1. The minimum Gasteiger partial charge on any atom is -0.340 e. The third-order valence-corrected chi connectivity index (χ3v) is 6.08. The number of hydrogen-bond acceptors (Lipinski definition) is 4. The minimum absolute atomic E-state index is 0.292. The van der Waals surface area contributed by atoms with Crippen molar-refractivity contribution in [2.24, 2.45) is 11.8 Å². The Bertz CT molecular complexity index is 843. The first-order valence-corrected chi connectivity index (χ1v) is 9.58. The number of allylic oxidation sites excluding steroid dienone is 2. The summed E-state index contributed by atoms with van der Waals surface area (Å²) in [5.41, 5.74) is 1.04. The fraction of sp³-hybridized carbons (Fsp3) is 0.500. The van der Waals surface area contributed by atoms with Gasteiger partial charge in [-0.25, -0.2) is 0 Å². The average molecular weight is 349 g/mol. The van der Waals surface area contributed by atoms with Crippen molar-refractivity contribution in [2.75, 3.05) is 13.1 Å². The second kappa shape index (κ2) is 6.34. The van der Waals surface area contributed by atoms with Crippen LogP contribution in [0.5, 0.6) is 0 Å². The van der Waals surface area contributed by atoms with Crippen molar-refractivity contribution in [1.29, 1.82) is 0 Å². The monoisotopic (exact) mass is 349 g/mol. The molecule has 2 aromatic rings. The highest BCUT2D eigenvalue weighted by Gasteiger charge is 2.41. The van der Waals surface area contributed by atoms with Crippen LogP contribution in [-0.2, 0) is 11.2 Å². The van der Waals surface area contributed by atoms with E-state index >= 15 is 0 Å². The molecule has 0 N–H and O–H groups in total. The van der Waals surface area contributed by atoms with Crippen molar-refractivity contribution in [3.8, 4) is 11.4 Å². The van der Waals surface area contributed by atoms with E-state index in [1.54, 1.807) is 12.4 Å². The molecule has 0 saturated carbocycles. The van der Waals surface area contributed by atoms with Crippen LogP contribution in [0.25, 0.3) is 11.4 Å². The van der Waals surface area contributed by atoms with Gasteiger partial charge < -0.3 is 9.47 Å². The molecule has 0 unspecified atom stereocenters. The third kappa shape index (κ3) is 2.64. The van der Waals surface area contributed by atoms with E-state index in [0.717, 1.165) is 56.0 Å². The highest BCUT2D eigenvalue weighted by atomic mass is 16.2. The molecular formula is C20H23N5O. The molecule has 0 spiro atoms. The molecule has 2 aromatic heterocycles. The van der Waals surface area contributed by atoms with Crippen LogP contribution in [-0.4, -0.2) is 43.6 Å². The Morgan fingerprint density at radius 1 is 1.15 bits per heavy atom. The Balaban J connectivity index is 1.39. The number of fused-ring (bicyclic) bond motifs is 3. The molecule has 1 saturated heterocycles. The molecule has 26 heavy (non-hydrogen) atoms. The first-order chi connectivity index (χ1) is 12.8. The molecule has 3 atom stereocenters. The van der Waals surface area contributed by atoms with Gasteiger partial charge in [-0.1, -0.05) is 12.2 Å². The predicted octanol–water partition coefficient (Wildman–Crippen LogP) is 2.64. The Hall–Kier alpha value is -2.50. The molecule has 2 aliphatic heterocycles. The predicted molar refractivity (Wildman–Crippen MR) is 97.2 cm³/mol. The summed E-state index contributed by atoms with van der Waals surface area (Å²) in [6.45, 7) is 1.65. The molecule has 0 aromatic carbocycles. The molecule has 4 heterocycles. The summed E-state index contributed by atoms with van der Waals surface area (Å²) in [4.78, 5) is 19.0. The van der Waals surface area contributed by atoms with Crippen LogP contribution in [0.2, 0.25) is 0 Å². The maximum atomic E-state index is 12.8. The normalized spacial score (nSPS) is 26.8. The largest absolute Gasteiger partial charge is 0.340 e. The standard InChI is InChI=1S/C20H23N5O/c26-19(11-14-3-1-2-4-14)24-12-16-5-6-18-22-23-20(25(18)17(16)13-24)15-7-9-21-10-8-15/h1,3,7-10,14,16-17H,2,4-6,11-13H2/t14-,16+,17-/m0/s1. The van der Waals surface area contributed by atoms with Crippen LogP contribution in [0.15, 0.2) is 36.7 Å². The van der Waals surface area contributed by atoms with Crippen LogP contribution in [0.1, 0.15) is 37.5 Å². The van der Waals surface area contributed by atoms with E-state index in [-0.39, 0.29) is 0 Å². The summed E-state index contributed by atoms with van der Waals surface area (Å²) >= 11 is 0. The molecule has 6 nitrogen and oxygen atoms in total. The number of rotatable bonds is 3. The molecule has 1 aliphatic carbocycles. The summed E-state index contributed by atoms with van der Waals surface area (Å²) in [5.74, 6) is 3.19. The lowest BCUT2D eigenvalue weighted by atomic mass is 9.93. The van der Waals surface area contributed by atoms with Gasteiger partial charge in [-0.15, -0.1) is 10.2 Å². The van der Waals surface area contributed by atoms with Crippen LogP contribution in [0, 0.1) is 11.8 Å². The topological polar surface area (TPSA) is 63.9 Å². The van der Waals surface area contributed by atoms with Gasteiger partial charge in [0.2, 0.25) is 5.91 Å². The average Bonchev–Trinajstić information content (AvgIpc) is 3.40. The molecule has 3 aliphatic rings. The lowest BCUT2D eigenvalue weighted by Gasteiger charge is -2.27. The number of nitrogens with zero attached hydrogens (tertiary/aromatic N) is 5. The van der Waals surface area contributed by atoms with Gasteiger partial charge >= 0.3 is 0 Å². The van der Waals surface area contributed by atoms with Gasteiger partial charge in [0.1, 0.15) is 5.82 Å². The smallest absolute Gasteiger partial charge is 0.223 e. The van der Waals surface area contributed by atoms with Gasteiger partial charge in [-0.3, -0.25) is 9.78 Å². The summed E-state index contributed by atoms with van der Waals surface area (Å²) in [5, 5.41) is 8.88. The Morgan fingerprint density at radius 2 is 2.04 bits per heavy atom. The molecule has 6 heteroatoms. The van der Waals surface area contributed by atoms with Crippen molar-refractivity contribution in [1.82, 2.24) is 24.6 Å². The number of aromatic nitrogens is 4. The molecule has 0 radical (unpaired) electrons. The van der Waals surface area contributed by atoms with E-state index in [2.05, 4.69) is 36.8 Å². The second-order valence-corrected chi connectivity index (χ2v) is 7.68. The summed E-state index contributed by atoms with van der Waals surface area (Å²) < 4.78 is 2.28. The summed E-state index contributed by atoms with van der Waals surface area (Å²) in [7, 11) is 0. The Labute approximate surface area is 152 Å². The fourth-order valence-corrected chi connectivity index (χ4v) is 4.71. The van der Waals surface area contributed by atoms with Crippen LogP contribution >= 0.6 is 0 Å². The Morgan fingerprint density at radius 3 is 2.85 bits per heavy atom. The molecule has 1 fully saturated rings. The van der Waals surface area contributed by atoms with E-state index in [4.69, 9.17) is 0 Å². The summed E-state index contributed by atoms with van der Waals surface area (Å²) in [6, 6.07) is 4.25. The van der Waals surface area contributed by atoms with Crippen molar-refractivity contribution >= 4 is 5.91 Å². The van der Waals surface area contributed by atoms with Crippen molar-refractivity contribution in [3.63, 3.8) is 0 Å². The fourth-order valence-electron chi connectivity index (χ4n) is 4.71. The summed E-state index contributed by atoms with van der Waals surface area (Å²) in [6.07, 6.45) is 12.9. The number of amides is 1. The molecule has 5 rings (SSSR count). The third-order valence-electron chi connectivity index (χ3n) is 6.08.